The van der Waals surface area contributed by atoms with Crippen LogP contribution in [0.25, 0.3) is 11.1 Å². The number of hydrogen-bond acceptors (Lipinski definition) is 5. The predicted octanol–water partition coefficient (Wildman–Crippen LogP) is 11.0. The average Bonchev–Trinajstić information content (AvgIpc) is 3.11. The van der Waals surface area contributed by atoms with Crippen molar-refractivity contribution in [1.29, 1.82) is 0 Å². The van der Waals surface area contributed by atoms with Gasteiger partial charge in [0.05, 0.1) is 6.85 Å². The molecule has 5 nitrogen and oxygen atoms in total. The zero-order valence-electron chi connectivity index (χ0n) is 34.2. The molecule has 48 heavy (non-hydrogen) atoms. The van der Waals surface area contributed by atoms with Crippen molar-refractivity contribution < 1.29 is 11.6 Å². The highest BCUT2D eigenvalue weighted by atomic mass is 16.5. The first-order valence-corrected chi connectivity index (χ1v) is 17.1. The molecule has 0 amide bonds. The van der Waals surface area contributed by atoms with Gasteiger partial charge < -0.3 is 14.5 Å². The van der Waals surface area contributed by atoms with Crippen LogP contribution in [0.3, 0.4) is 0 Å². The van der Waals surface area contributed by atoms with E-state index in [1.54, 1.807) is 6.20 Å². The summed E-state index contributed by atoms with van der Waals surface area (Å²) in [7, 11) is 0. The molecular weight excluding hydrogens is 589 g/mol. The fourth-order valence-electron chi connectivity index (χ4n) is 7.27. The third-order valence-electron chi connectivity index (χ3n) is 9.35. The highest BCUT2D eigenvalue weighted by Gasteiger charge is 2.35. The molecule has 7 rings (SSSR count). The second kappa shape index (κ2) is 12.4. The molecule has 0 aliphatic carbocycles. The van der Waals surface area contributed by atoms with Gasteiger partial charge in [-0.15, -0.1) is 0 Å². The topological polar surface area (TPSA) is 41.5 Å². The van der Waals surface area contributed by atoms with E-state index in [-0.39, 0.29) is 29.7 Å². The first-order valence-electron chi connectivity index (χ1n) is 19.6. The monoisotopic (exact) mass is 641 g/mol. The zero-order valence-corrected chi connectivity index (χ0v) is 29.2. The van der Waals surface area contributed by atoms with Crippen LogP contribution < -0.4 is 14.5 Å². The molecular formula is C43H48N4O. The molecule has 5 aromatic rings. The van der Waals surface area contributed by atoms with E-state index >= 15 is 0 Å². The second-order valence-corrected chi connectivity index (χ2v) is 15.1. The summed E-state index contributed by atoms with van der Waals surface area (Å²) in [4.78, 5) is 14.4. The Morgan fingerprint density at radius 2 is 1.31 bits per heavy atom. The van der Waals surface area contributed by atoms with Crippen LogP contribution in [0, 0.1) is 6.92 Å². The van der Waals surface area contributed by atoms with Crippen molar-refractivity contribution in [1.82, 2.24) is 9.97 Å². The molecule has 3 aromatic carbocycles. The highest BCUT2D eigenvalue weighted by molar-refractivity contribution is 5.78. The van der Waals surface area contributed by atoms with Crippen LogP contribution in [-0.2, 0) is 23.7 Å². The zero-order chi connectivity index (χ0) is 38.0. The van der Waals surface area contributed by atoms with E-state index in [2.05, 4.69) is 99.6 Å². The van der Waals surface area contributed by atoms with Crippen LogP contribution in [0.5, 0.6) is 11.5 Å². The van der Waals surface area contributed by atoms with Crippen molar-refractivity contribution in [2.45, 2.75) is 85.0 Å². The van der Waals surface area contributed by atoms with Gasteiger partial charge in [0.2, 0.25) is 0 Å². The molecule has 0 saturated carbocycles. The van der Waals surface area contributed by atoms with E-state index < -0.39 is 16.9 Å². The van der Waals surface area contributed by atoms with Crippen LogP contribution in [0.4, 0.5) is 23.0 Å². The fraction of sp³-hybridized carbons (Fsp3) is 0.349. The minimum absolute atomic E-state index is 0.182. The number of ether oxygens (including phenoxy) is 1. The largest absolute Gasteiger partial charge is 0.457 e. The lowest BCUT2D eigenvalue weighted by Gasteiger charge is -2.39. The van der Waals surface area contributed by atoms with Crippen LogP contribution in [0.1, 0.15) is 89.1 Å². The van der Waals surface area contributed by atoms with Gasteiger partial charge in [-0.05, 0) is 95.5 Å². The van der Waals surface area contributed by atoms with Crippen molar-refractivity contribution in [2.24, 2.45) is 0 Å². The minimum atomic E-state index is -0.448. The van der Waals surface area contributed by atoms with Crippen molar-refractivity contribution in [3.63, 3.8) is 0 Å². The van der Waals surface area contributed by atoms with Crippen LogP contribution in [0.15, 0.2) is 91.1 Å². The Hall–Kier alpha value is -4.64. The van der Waals surface area contributed by atoms with Gasteiger partial charge in [0.1, 0.15) is 23.1 Å². The lowest BCUT2D eigenvalue weighted by atomic mass is 9.72. The molecule has 0 unspecified atom stereocenters. The van der Waals surface area contributed by atoms with Crippen molar-refractivity contribution in [3.05, 3.63) is 119 Å². The number of pyridine rings is 2. The Morgan fingerprint density at radius 3 is 1.92 bits per heavy atom. The van der Waals surface area contributed by atoms with E-state index in [0.717, 1.165) is 84.4 Å². The van der Waals surface area contributed by atoms with Gasteiger partial charge in [-0.25, -0.2) is 9.97 Å². The summed E-state index contributed by atoms with van der Waals surface area (Å²) in [5.41, 5.74) is 7.65. The van der Waals surface area contributed by atoms with Gasteiger partial charge in [-0.3, -0.25) is 0 Å². The maximum Gasteiger partial charge on any atom is 0.137 e. The lowest BCUT2D eigenvalue weighted by molar-refractivity contribution is 0.481. The molecule has 4 heterocycles. The Bertz CT molecular complexity index is 2210. The summed E-state index contributed by atoms with van der Waals surface area (Å²) in [6.07, 6.45) is 7.54. The van der Waals surface area contributed by atoms with Crippen molar-refractivity contribution in [3.8, 4) is 22.6 Å². The highest BCUT2D eigenvalue weighted by Crippen LogP contribution is 2.47. The Balaban J connectivity index is 1.33. The number of fused-ring (bicyclic) bond motifs is 2. The van der Waals surface area contributed by atoms with E-state index in [0.29, 0.717) is 5.56 Å². The number of aryl methyl sites for hydroxylation is 3. The Morgan fingerprint density at radius 1 is 0.708 bits per heavy atom. The van der Waals surface area contributed by atoms with Crippen LogP contribution in [-0.4, -0.2) is 23.1 Å². The summed E-state index contributed by atoms with van der Waals surface area (Å²) in [5.74, 6) is 3.25. The van der Waals surface area contributed by atoms with Crippen LogP contribution >= 0.6 is 0 Å². The van der Waals surface area contributed by atoms with Gasteiger partial charge in [0.15, 0.2) is 0 Å². The molecule has 0 saturated heterocycles. The normalized spacial score (nSPS) is 16.3. The Kier molecular flexibility index (Phi) is 6.82. The maximum atomic E-state index is 8.85. The molecule has 2 aliphatic rings. The first kappa shape index (κ1) is 26.3. The number of benzene rings is 3. The smallest absolute Gasteiger partial charge is 0.137 e. The number of aromatic nitrogens is 2. The van der Waals surface area contributed by atoms with Crippen LogP contribution in [0.2, 0.25) is 0 Å². The fourth-order valence-corrected chi connectivity index (χ4v) is 7.27. The number of rotatable bonds is 5. The maximum absolute atomic E-state index is 8.85. The SMILES string of the molecule is [2H]c1c([2H])c([2H])c(-c2cnc(N3CCCc4ccc(Oc5ccc6c(c5)N(c5cc(C)ccn5)CCC6)cc43)c(C(C)(C)C)c2C(C)(C)C)c([2H])c1[2H]. The van der Waals surface area contributed by atoms with E-state index in [1.165, 1.54) is 16.7 Å². The number of anilines is 4. The van der Waals surface area contributed by atoms with Crippen molar-refractivity contribution >= 4 is 23.0 Å². The quantitative estimate of drug-likeness (QED) is 0.191. The first-order chi connectivity index (χ1) is 25.0. The molecule has 0 radical (unpaired) electrons. The molecule has 0 fully saturated rings. The molecule has 5 heteroatoms. The van der Waals surface area contributed by atoms with E-state index in [1.807, 2.05) is 18.3 Å². The van der Waals surface area contributed by atoms with E-state index in [4.69, 9.17) is 16.6 Å². The second-order valence-electron chi connectivity index (χ2n) is 15.1. The summed E-state index contributed by atoms with van der Waals surface area (Å²) >= 11 is 0. The van der Waals surface area contributed by atoms with Gasteiger partial charge in [-0.2, -0.15) is 0 Å². The molecule has 0 atom stereocenters. The predicted molar refractivity (Wildman–Crippen MR) is 200 cm³/mol. The third-order valence-corrected chi connectivity index (χ3v) is 9.35. The molecule has 0 N–H and O–H groups in total. The molecule has 2 aliphatic heterocycles. The number of nitrogens with zero attached hydrogens (tertiary/aromatic N) is 4. The molecule has 0 bridgehead atoms. The molecule has 2 aromatic heterocycles. The lowest BCUT2D eigenvalue weighted by Crippen LogP contribution is -2.31. The van der Waals surface area contributed by atoms with E-state index in [9.17, 15) is 0 Å². The number of hydrogen-bond donors (Lipinski definition) is 0. The van der Waals surface area contributed by atoms with Crippen molar-refractivity contribution in [2.75, 3.05) is 22.9 Å². The Labute approximate surface area is 293 Å². The minimum Gasteiger partial charge on any atom is -0.457 e. The summed E-state index contributed by atoms with van der Waals surface area (Å²) in [5, 5.41) is 0. The summed E-state index contributed by atoms with van der Waals surface area (Å²) in [6.45, 7) is 16.6. The summed E-state index contributed by atoms with van der Waals surface area (Å²) in [6, 6.07) is 15.3. The summed E-state index contributed by atoms with van der Waals surface area (Å²) < 4.78 is 49.4. The van der Waals surface area contributed by atoms with Gasteiger partial charge in [-0.1, -0.05) is 83.9 Å². The van der Waals surface area contributed by atoms with Gasteiger partial charge in [0, 0.05) is 60.1 Å². The van der Waals surface area contributed by atoms with Gasteiger partial charge in [0.25, 0.3) is 0 Å². The molecule has 246 valence electrons. The van der Waals surface area contributed by atoms with Gasteiger partial charge >= 0.3 is 0 Å². The molecule has 0 spiro atoms. The standard InChI is InChI=1S/C43H48N4O/c1-29-21-22-44-38(25-29)46-23-11-15-31-17-19-33(26-36(31)46)48-34-20-18-32-16-12-24-47(37(32)27-34)41-40(43(5,6)7)39(42(2,3)4)35(28-45-41)30-13-9-8-10-14-30/h8-10,13-14,17-22,25-28H,11-12,15-16,23-24H2,1-7H3/i8D,9D,10D,13D,14D. The third kappa shape index (κ3) is 6.19. The average molecular weight is 642 g/mol.